The Kier molecular flexibility index (Phi) is 1.88. The first-order valence-electron chi connectivity index (χ1n) is 3.24. The molecule has 2 heteroatoms. The van der Waals surface area contributed by atoms with Crippen molar-refractivity contribution in [3.05, 3.63) is 12.7 Å². The summed E-state index contributed by atoms with van der Waals surface area (Å²) in [7, 11) is 0. The van der Waals surface area contributed by atoms with E-state index < -0.39 is 0 Å². The third kappa shape index (κ3) is 1.53. The number of nitrogens with two attached hydrogens (primary N) is 1. The molecule has 0 saturated carbocycles. The average molecular weight is 127 g/mol. The maximum atomic E-state index is 5.87. The molecule has 0 aromatic carbocycles. The second-order valence-electron chi connectivity index (χ2n) is 2.66. The predicted molar refractivity (Wildman–Crippen MR) is 37.2 cm³/mol. The Morgan fingerprint density at radius 3 is 3.00 bits per heavy atom. The van der Waals surface area contributed by atoms with E-state index >= 15 is 0 Å². The molecule has 1 aliphatic heterocycles. The molecule has 1 atom stereocenters. The van der Waals surface area contributed by atoms with Gasteiger partial charge in [0, 0.05) is 12.1 Å². The minimum absolute atomic E-state index is 0.0955. The highest BCUT2D eigenvalue weighted by molar-refractivity contribution is 4.93. The van der Waals surface area contributed by atoms with Gasteiger partial charge >= 0.3 is 0 Å². The lowest BCUT2D eigenvalue weighted by Gasteiger charge is -2.18. The van der Waals surface area contributed by atoms with E-state index in [2.05, 4.69) is 6.58 Å². The second kappa shape index (κ2) is 2.50. The topological polar surface area (TPSA) is 35.2 Å². The van der Waals surface area contributed by atoms with Crippen LogP contribution in [0.2, 0.25) is 0 Å². The molecule has 2 nitrogen and oxygen atoms in total. The number of ether oxygens (including phenoxy) is 1. The van der Waals surface area contributed by atoms with Crippen LogP contribution >= 0.6 is 0 Å². The molecular formula is C7H13NO. The monoisotopic (exact) mass is 127 g/mol. The van der Waals surface area contributed by atoms with Crippen LogP contribution < -0.4 is 5.73 Å². The summed E-state index contributed by atoms with van der Waals surface area (Å²) in [5.74, 6) is 0. The number of hydrogen-bond donors (Lipinski definition) is 1. The van der Waals surface area contributed by atoms with Gasteiger partial charge in [-0.25, -0.2) is 0 Å². The third-order valence-corrected chi connectivity index (χ3v) is 1.68. The van der Waals surface area contributed by atoms with E-state index in [0.717, 1.165) is 19.4 Å². The standard InChI is InChI=1S/C7H13NO/c1-2-3-7(8)4-5-9-6-7/h2H,1,3-6,8H2. The average Bonchev–Trinajstić information content (AvgIpc) is 2.16. The van der Waals surface area contributed by atoms with Crippen LogP contribution in [-0.4, -0.2) is 18.8 Å². The highest BCUT2D eigenvalue weighted by Gasteiger charge is 2.28. The predicted octanol–water partition coefficient (Wildman–Crippen LogP) is 0.680. The van der Waals surface area contributed by atoms with E-state index in [4.69, 9.17) is 10.5 Å². The fraction of sp³-hybridized carbons (Fsp3) is 0.714. The normalized spacial score (nSPS) is 34.8. The fourth-order valence-corrected chi connectivity index (χ4v) is 1.07. The Balaban J connectivity index is 2.40. The van der Waals surface area contributed by atoms with E-state index in [1.807, 2.05) is 6.08 Å². The first kappa shape index (κ1) is 6.78. The van der Waals surface area contributed by atoms with Crippen LogP contribution in [0, 0.1) is 0 Å². The van der Waals surface area contributed by atoms with Gasteiger partial charge in [-0.1, -0.05) is 6.08 Å². The quantitative estimate of drug-likeness (QED) is 0.554. The molecule has 1 aliphatic rings. The van der Waals surface area contributed by atoms with Crippen molar-refractivity contribution in [2.75, 3.05) is 13.2 Å². The third-order valence-electron chi connectivity index (χ3n) is 1.68. The van der Waals surface area contributed by atoms with Crippen molar-refractivity contribution in [3.63, 3.8) is 0 Å². The SMILES string of the molecule is C=CCC1(N)CCOC1. The Morgan fingerprint density at radius 2 is 2.56 bits per heavy atom. The van der Waals surface area contributed by atoms with Crippen LogP contribution in [0.5, 0.6) is 0 Å². The molecule has 0 aromatic heterocycles. The van der Waals surface area contributed by atoms with Crippen molar-refractivity contribution in [1.82, 2.24) is 0 Å². The van der Waals surface area contributed by atoms with Gasteiger partial charge in [-0.3, -0.25) is 0 Å². The summed E-state index contributed by atoms with van der Waals surface area (Å²) in [6.45, 7) is 5.14. The maximum absolute atomic E-state index is 5.87. The minimum Gasteiger partial charge on any atom is -0.379 e. The van der Waals surface area contributed by atoms with Gasteiger partial charge in [0.05, 0.1) is 6.61 Å². The minimum atomic E-state index is -0.0955. The van der Waals surface area contributed by atoms with Crippen LogP contribution in [-0.2, 0) is 4.74 Å². The zero-order valence-corrected chi connectivity index (χ0v) is 5.60. The van der Waals surface area contributed by atoms with Gasteiger partial charge in [-0.05, 0) is 12.8 Å². The van der Waals surface area contributed by atoms with E-state index in [1.54, 1.807) is 0 Å². The van der Waals surface area contributed by atoms with Crippen LogP contribution in [0.3, 0.4) is 0 Å². The molecule has 1 heterocycles. The molecule has 0 aliphatic carbocycles. The summed E-state index contributed by atoms with van der Waals surface area (Å²) < 4.78 is 5.14. The zero-order chi connectivity index (χ0) is 6.74. The first-order valence-corrected chi connectivity index (χ1v) is 3.24. The van der Waals surface area contributed by atoms with Crippen molar-refractivity contribution in [2.45, 2.75) is 18.4 Å². The van der Waals surface area contributed by atoms with Crippen molar-refractivity contribution >= 4 is 0 Å². The molecule has 0 amide bonds. The Hall–Kier alpha value is -0.340. The summed E-state index contributed by atoms with van der Waals surface area (Å²) in [5, 5.41) is 0. The van der Waals surface area contributed by atoms with Crippen LogP contribution in [0.15, 0.2) is 12.7 Å². The number of rotatable bonds is 2. The molecule has 1 unspecified atom stereocenters. The smallest absolute Gasteiger partial charge is 0.0650 e. The van der Waals surface area contributed by atoms with Crippen LogP contribution in [0.25, 0.3) is 0 Å². The molecule has 1 rings (SSSR count). The van der Waals surface area contributed by atoms with Gasteiger partial charge < -0.3 is 10.5 Å². The van der Waals surface area contributed by atoms with Crippen molar-refractivity contribution in [2.24, 2.45) is 5.73 Å². The molecule has 1 saturated heterocycles. The molecule has 52 valence electrons. The van der Waals surface area contributed by atoms with Gasteiger partial charge in [-0.15, -0.1) is 6.58 Å². The molecule has 2 N–H and O–H groups in total. The Labute approximate surface area is 55.7 Å². The van der Waals surface area contributed by atoms with E-state index in [-0.39, 0.29) is 5.54 Å². The Bertz CT molecular complexity index is 105. The molecule has 0 radical (unpaired) electrons. The molecule has 0 aromatic rings. The summed E-state index contributed by atoms with van der Waals surface area (Å²) in [4.78, 5) is 0. The van der Waals surface area contributed by atoms with Crippen molar-refractivity contribution < 1.29 is 4.74 Å². The Morgan fingerprint density at radius 1 is 1.78 bits per heavy atom. The van der Waals surface area contributed by atoms with Crippen LogP contribution in [0.4, 0.5) is 0 Å². The van der Waals surface area contributed by atoms with Crippen molar-refractivity contribution in [3.8, 4) is 0 Å². The number of hydrogen-bond acceptors (Lipinski definition) is 2. The largest absolute Gasteiger partial charge is 0.379 e. The molecular weight excluding hydrogens is 114 g/mol. The van der Waals surface area contributed by atoms with Crippen LogP contribution in [0.1, 0.15) is 12.8 Å². The van der Waals surface area contributed by atoms with Gasteiger partial charge in [0.2, 0.25) is 0 Å². The van der Waals surface area contributed by atoms with Crippen molar-refractivity contribution in [1.29, 1.82) is 0 Å². The lowest BCUT2D eigenvalue weighted by atomic mass is 9.96. The zero-order valence-electron chi connectivity index (χ0n) is 5.60. The summed E-state index contributed by atoms with van der Waals surface area (Å²) in [5.41, 5.74) is 5.78. The molecule has 1 fully saturated rings. The summed E-state index contributed by atoms with van der Waals surface area (Å²) in [6.07, 6.45) is 3.70. The molecule has 0 bridgehead atoms. The molecule has 0 spiro atoms. The second-order valence-corrected chi connectivity index (χ2v) is 2.66. The summed E-state index contributed by atoms with van der Waals surface area (Å²) in [6, 6.07) is 0. The van der Waals surface area contributed by atoms with Gasteiger partial charge in [0.1, 0.15) is 0 Å². The lowest BCUT2D eigenvalue weighted by molar-refractivity contribution is 0.178. The fourth-order valence-electron chi connectivity index (χ4n) is 1.07. The lowest BCUT2D eigenvalue weighted by Crippen LogP contribution is -2.39. The first-order chi connectivity index (χ1) is 4.27. The van der Waals surface area contributed by atoms with E-state index in [9.17, 15) is 0 Å². The van der Waals surface area contributed by atoms with Gasteiger partial charge in [0.25, 0.3) is 0 Å². The highest BCUT2D eigenvalue weighted by Crippen LogP contribution is 2.18. The molecule has 9 heavy (non-hydrogen) atoms. The highest BCUT2D eigenvalue weighted by atomic mass is 16.5. The van der Waals surface area contributed by atoms with E-state index in [0.29, 0.717) is 6.61 Å². The van der Waals surface area contributed by atoms with Gasteiger partial charge in [0.15, 0.2) is 0 Å². The maximum Gasteiger partial charge on any atom is 0.0650 e. The summed E-state index contributed by atoms with van der Waals surface area (Å²) >= 11 is 0. The van der Waals surface area contributed by atoms with E-state index in [1.165, 1.54) is 0 Å². The van der Waals surface area contributed by atoms with Gasteiger partial charge in [-0.2, -0.15) is 0 Å².